The Balaban J connectivity index is 1.15. The fourth-order valence-corrected chi connectivity index (χ4v) is 5.15. The number of fused-ring (bicyclic) bond motifs is 1. The molecule has 0 saturated carbocycles. The van der Waals surface area contributed by atoms with Gasteiger partial charge in [0.1, 0.15) is 5.69 Å². The van der Waals surface area contributed by atoms with Crippen LogP contribution in [-0.4, -0.2) is 55.4 Å². The third-order valence-electron chi connectivity index (χ3n) is 7.21. The summed E-state index contributed by atoms with van der Waals surface area (Å²) in [5.74, 6) is 0.281. The molecule has 1 aliphatic rings. The number of carbonyl (C=O) groups excluding carboxylic acids is 2. The van der Waals surface area contributed by atoms with Crippen molar-refractivity contribution >= 4 is 29.0 Å². The molecular formula is C33H31N7O2. The predicted octanol–water partition coefficient (Wildman–Crippen LogP) is 5.69. The summed E-state index contributed by atoms with van der Waals surface area (Å²) in [4.78, 5) is 36.3. The molecule has 0 bridgehead atoms. The number of nitrogens with zero attached hydrogens (tertiary/aromatic N) is 5. The highest BCUT2D eigenvalue weighted by molar-refractivity contribution is 6.00. The van der Waals surface area contributed by atoms with Crippen molar-refractivity contribution < 1.29 is 9.59 Å². The molecule has 3 aromatic heterocycles. The molecule has 9 heteroatoms. The molecule has 2 amide bonds. The van der Waals surface area contributed by atoms with Gasteiger partial charge in [-0.2, -0.15) is 5.10 Å². The molecule has 1 aliphatic heterocycles. The molecule has 2 aromatic carbocycles. The van der Waals surface area contributed by atoms with Crippen molar-refractivity contribution in [2.24, 2.45) is 0 Å². The zero-order valence-corrected chi connectivity index (χ0v) is 23.3. The van der Waals surface area contributed by atoms with Gasteiger partial charge in [0.15, 0.2) is 0 Å². The largest absolute Gasteiger partial charge is 0.350 e. The van der Waals surface area contributed by atoms with Crippen LogP contribution < -0.4 is 10.6 Å². The van der Waals surface area contributed by atoms with Gasteiger partial charge in [-0.05, 0) is 61.4 Å². The summed E-state index contributed by atoms with van der Waals surface area (Å²) < 4.78 is 1.87. The summed E-state index contributed by atoms with van der Waals surface area (Å²) >= 11 is 0. The van der Waals surface area contributed by atoms with E-state index in [1.165, 1.54) is 6.08 Å². The standard InChI is InChI=1S/C33H31N7O2/c1-2-3-12-29(41)35-25-15-13-24(14-16-25)32(42)39-21-18-26(22-39)36-33-34-19-17-27(37-33)30-28-11-7-8-20-40(28)38-31(30)23-9-5-4-6-10-23/h3-17,19-20,26H,2,18,21-22H2,1H3,(H,35,41)(H,34,36,37)/b12-3+. The third-order valence-corrected chi connectivity index (χ3v) is 7.21. The normalized spacial score (nSPS) is 14.9. The number of hydrogen-bond donors (Lipinski definition) is 2. The lowest BCUT2D eigenvalue weighted by molar-refractivity contribution is -0.111. The number of hydrogen-bond acceptors (Lipinski definition) is 6. The van der Waals surface area contributed by atoms with Crippen molar-refractivity contribution in [1.29, 1.82) is 0 Å². The van der Waals surface area contributed by atoms with Crippen LogP contribution in [-0.2, 0) is 4.79 Å². The van der Waals surface area contributed by atoms with Crippen molar-refractivity contribution in [2.75, 3.05) is 23.7 Å². The van der Waals surface area contributed by atoms with Gasteiger partial charge >= 0.3 is 0 Å². The number of likely N-dealkylation sites (tertiary alicyclic amines) is 1. The number of rotatable bonds is 8. The number of pyridine rings is 1. The number of nitrogens with one attached hydrogen (secondary N) is 2. The minimum atomic E-state index is -0.187. The fourth-order valence-electron chi connectivity index (χ4n) is 5.15. The van der Waals surface area contributed by atoms with Gasteiger partial charge in [-0.15, -0.1) is 0 Å². The summed E-state index contributed by atoms with van der Waals surface area (Å²) in [5.41, 5.74) is 5.77. The van der Waals surface area contributed by atoms with Gasteiger partial charge in [0.2, 0.25) is 11.9 Å². The average Bonchev–Trinajstić information content (AvgIpc) is 3.66. The third kappa shape index (κ3) is 5.76. The molecule has 1 saturated heterocycles. The van der Waals surface area contributed by atoms with Crippen LogP contribution in [0.3, 0.4) is 0 Å². The first-order valence-electron chi connectivity index (χ1n) is 14.1. The van der Waals surface area contributed by atoms with Crippen LogP contribution in [0.25, 0.3) is 28.0 Å². The van der Waals surface area contributed by atoms with E-state index in [2.05, 4.69) is 15.6 Å². The van der Waals surface area contributed by atoms with Crippen molar-refractivity contribution in [2.45, 2.75) is 25.8 Å². The first-order chi connectivity index (χ1) is 20.6. The number of carbonyl (C=O) groups is 2. The SMILES string of the molecule is CC/C=C/C(=O)Nc1ccc(C(=O)N2CCC(Nc3nccc(-c4c(-c5ccccc5)nn5ccccc45)n3)C2)cc1. The molecule has 6 rings (SSSR count). The molecule has 0 aliphatic carbocycles. The minimum Gasteiger partial charge on any atom is -0.350 e. The number of anilines is 2. The van der Waals surface area contributed by atoms with Crippen LogP contribution >= 0.6 is 0 Å². The Labute approximate surface area is 243 Å². The second-order valence-electron chi connectivity index (χ2n) is 10.1. The molecule has 5 aromatic rings. The monoisotopic (exact) mass is 557 g/mol. The maximum Gasteiger partial charge on any atom is 0.253 e. The van der Waals surface area contributed by atoms with Crippen molar-refractivity contribution in [1.82, 2.24) is 24.5 Å². The zero-order valence-electron chi connectivity index (χ0n) is 23.3. The maximum atomic E-state index is 13.2. The molecule has 0 radical (unpaired) electrons. The van der Waals surface area contributed by atoms with Gasteiger partial charge in [-0.25, -0.2) is 14.5 Å². The fraction of sp³-hybridized carbons (Fsp3) is 0.182. The summed E-state index contributed by atoms with van der Waals surface area (Å²) in [6.07, 6.45) is 8.57. The summed E-state index contributed by atoms with van der Waals surface area (Å²) in [6, 6.07) is 25.0. The smallest absolute Gasteiger partial charge is 0.253 e. The lowest BCUT2D eigenvalue weighted by Crippen LogP contribution is -2.31. The lowest BCUT2D eigenvalue weighted by atomic mass is 10.0. The summed E-state index contributed by atoms with van der Waals surface area (Å²) in [5, 5.41) is 11.1. The topological polar surface area (TPSA) is 105 Å². The predicted molar refractivity (Wildman–Crippen MR) is 164 cm³/mol. The van der Waals surface area contributed by atoms with Crippen LogP contribution in [0.1, 0.15) is 30.1 Å². The van der Waals surface area contributed by atoms with Crippen LogP contribution in [0.5, 0.6) is 0 Å². The highest BCUT2D eigenvalue weighted by Crippen LogP contribution is 2.34. The molecule has 1 atom stereocenters. The maximum absolute atomic E-state index is 13.2. The number of amides is 2. The summed E-state index contributed by atoms with van der Waals surface area (Å²) in [6.45, 7) is 3.14. The second kappa shape index (κ2) is 12.1. The van der Waals surface area contributed by atoms with E-state index in [4.69, 9.17) is 10.1 Å². The van der Waals surface area contributed by atoms with Crippen molar-refractivity contribution in [3.63, 3.8) is 0 Å². The van der Waals surface area contributed by atoms with Crippen LogP contribution in [0.15, 0.2) is 103 Å². The minimum absolute atomic E-state index is 0.0191. The average molecular weight is 558 g/mol. The van der Waals surface area contributed by atoms with Gasteiger partial charge in [-0.1, -0.05) is 49.4 Å². The van der Waals surface area contributed by atoms with E-state index in [1.54, 1.807) is 36.5 Å². The van der Waals surface area contributed by atoms with Gasteiger partial charge in [0, 0.05) is 48.3 Å². The van der Waals surface area contributed by atoms with E-state index in [1.807, 2.05) is 77.1 Å². The Hall–Kier alpha value is -5.31. The lowest BCUT2D eigenvalue weighted by Gasteiger charge is -2.17. The van der Waals surface area contributed by atoms with E-state index in [0.717, 1.165) is 40.9 Å². The Morgan fingerprint density at radius 1 is 1.00 bits per heavy atom. The molecule has 1 unspecified atom stereocenters. The quantitative estimate of drug-likeness (QED) is 0.238. The molecule has 2 N–H and O–H groups in total. The Bertz CT molecular complexity index is 1750. The highest BCUT2D eigenvalue weighted by Gasteiger charge is 2.28. The molecule has 0 spiro atoms. The van der Waals surface area contributed by atoms with E-state index in [9.17, 15) is 9.59 Å². The molecule has 4 heterocycles. The molecule has 210 valence electrons. The first-order valence-corrected chi connectivity index (χ1v) is 14.1. The second-order valence-corrected chi connectivity index (χ2v) is 10.1. The van der Waals surface area contributed by atoms with Gasteiger partial charge in [0.05, 0.1) is 16.8 Å². The molecule has 9 nitrogen and oxygen atoms in total. The highest BCUT2D eigenvalue weighted by atomic mass is 16.2. The van der Waals surface area contributed by atoms with E-state index >= 15 is 0 Å². The molecule has 1 fully saturated rings. The van der Waals surface area contributed by atoms with E-state index in [0.29, 0.717) is 30.3 Å². The van der Waals surface area contributed by atoms with E-state index in [-0.39, 0.29) is 17.9 Å². The van der Waals surface area contributed by atoms with Gasteiger partial charge in [0.25, 0.3) is 5.91 Å². The first kappa shape index (κ1) is 26.9. The Morgan fingerprint density at radius 3 is 2.62 bits per heavy atom. The number of aromatic nitrogens is 4. The van der Waals surface area contributed by atoms with Gasteiger partial charge in [-0.3, -0.25) is 9.59 Å². The van der Waals surface area contributed by atoms with Crippen molar-refractivity contribution in [3.8, 4) is 22.5 Å². The molecular weight excluding hydrogens is 526 g/mol. The Morgan fingerprint density at radius 2 is 1.81 bits per heavy atom. The van der Waals surface area contributed by atoms with Crippen LogP contribution in [0.4, 0.5) is 11.6 Å². The van der Waals surface area contributed by atoms with Crippen LogP contribution in [0.2, 0.25) is 0 Å². The van der Waals surface area contributed by atoms with Crippen molar-refractivity contribution in [3.05, 3.63) is 109 Å². The Kier molecular flexibility index (Phi) is 7.72. The number of allylic oxidation sites excluding steroid dienone is 1. The molecule has 42 heavy (non-hydrogen) atoms. The van der Waals surface area contributed by atoms with E-state index < -0.39 is 0 Å². The van der Waals surface area contributed by atoms with Crippen LogP contribution in [0, 0.1) is 0 Å². The number of benzene rings is 2. The van der Waals surface area contributed by atoms with Gasteiger partial charge < -0.3 is 15.5 Å². The zero-order chi connectivity index (χ0) is 28.9. The summed E-state index contributed by atoms with van der Waals surface area (Å²) in [7, 11) is 0.